The van der Waals surface area contributed by atoms with E-state index in [0.29, 0.717) is 33.6 Å². The van der Waals surface area contributed by atoms with E-state index >= 15 is 0 Å². The molecule has 19 nitrogen and oxygen atoms in total. The van der Waals surface area contributed by atoms with E-state index in [1.807, 2.05) is 61.7 Å². The molecule has 0 radical (unpaired) electrons. The van der Waals surface area contributed by atoms with Crippen molar-refractivity contribution in [3.63, 3.8) is 0 Å². The maximum atomic E-state index is 13.0. The Hall–Kier alpha value is -9.13. The number of aromatic amines is 1. The molecule has 70 heavy (non-hydrogen) atoms. The summed E-state index contributed by atoms with van der Waals surface area (Å²) in [5.41, 5.74) is 17.8. The standard InChI is InChI=1S/C23H21N5O2.2C14H15N3O3/c1-14-7-8-16(22(29)25-17-9-10-17)11-19(14)27-23(30)18-12-24-28-13-20(26-21(18)28)15-5-3-2-4-6-15;1-2-20-14(19)13-11(15)8-17(16-13)9-12(18)10-6-4-3-5-7-10;1-2-20-14(19)11-8-16-17(13(11)15)9-12(18)10-6-4-3-5-7-10/h2-8,11-13,17,24H,9-10H2,1H3,(H,25,29)(H,27,30);2*3-8H,2,9,15H2,1H3. The van der Waals surface area contributed by atoms with Crippen molar-refractivity contribution in [1.29, 1.82) is 0 Å². The normalized spacial score (nSPS) is 11.6. The maximum Gasteiger partial charge on any atom is 0.361 e. The fraction of sp³-hybridized carbons (Fsp3) is 0.196. The molecule has 7 N–H and O–H groups in total. The molecule has 4 heterocycles. The van der Waals surface area contributed by atoms with Gasteiger partial charge in [-0.3, -0.25) is 29.0 Å². The number of carbonyl (C=O) groups excluding carboxylic acids is 6. The lowest BCUT2D eigenvalue weighted by Gasteiger charge is -2.10. The van der Waals surface area contributed by atoms with Crippen LogP contribution in [0.15, 0.2) is 134 Å². The Morgan fingerprint density at radius 2 is 1.34 bits per heavy atom. The number of aryl methyl sites for hydroxylation is 1. The van der Waals surface area contributed by atoms with Crippen molar-refractivity contribution < 1.29 is 38.2 Å². The largest absolute Gasteiger partial charge is 0.462 e. The first-order chi connectivity index (χ1) is 33.8. The Bertz CT molecular complexity index is 3120. The highest BCUT2D eigenvalue weighted by atomic mass is 16.5. The van der Waals surface area contributed by atoms with Crippen molar-refractivity contribution in [3.8, 4) is 11.3 Å². The van der Waals surface area contributed by atoms with Gasteiger partial charge in [0.25, 0.3) is 11.8 Å². The van der Waals surface area contributed by atoms with Gasteiger partial charge < -0.3 is 31.6 Å². The summed E-state index contributed by atoms with van der Waals surface area (Å²) in [6.07, 6.45) is 8.31. The number of hydrogen-bond acceptors (Lipinski definition) is 13. The fourth-order valence-corrected chi connectivity index (χ4v) is 6.84. The number of benzene rings is 4. The summed E-state index contributed by atoms with van der Waals surface area (Å²) < 4.78 is 14.0. The van der Waals surface area contributed by atoms with Crippen molar-refractivity contribution in [2.24, 2.45) is 0 Å². The van der Waals surface area contributed by atoms with Crippen LogP contribution in [0.4, 0.5) is 17.2 Å². The van der Waals surface area contributed by atoms with Crippen molar-refractivity contribution in [1.82, 2.24) is 39.5 Å². The topological polar surface area (TPSA) is 266 Å². The number of H-pyrrole nitrogens is 1. The van der Waals surface area contributed by atoms with Gasteiger partial charge in [-0.15, -0.1) is 0 Å². The van der Waals surface area contributed by atoms with Crippen LogP contribution in [0.2, 0.25) is 0 Å². The number of anilines is 3. The number of nitrogens with zero attached hydrogens (tertiary/aromatic N) is 6. The SMILES string of the molecule is CCOC(=O)c1cnn(CC(=O)c2ccccc2)c1N.CCOC(=O)c1nn(CC(=O)c2ccccc2)cc1N.Cc1ccc(C(=O)NC2CC2)cc1NC(=O)c1c[nH]n2cc(-c3ccccc3)nc12. The monoisotopic (exact) mass is 945 g/mol. The molecule has 0 saturated heterocycles. The average Bonchev–Trinajstić information content (AvgIpc) is 3.60. The molecule has 0 bridgehead atoms. The lowest BCUT2D eigenvalue weighted by Crippen LogP contribution is -2.25. The second-order valence-electron chi connectivity index (χ2n) is 15.9. The van der Waals surface area contributed by atoms with Gasteiger partial charge in [0.15, 0.2) is 22.9 Å². The van der Waals surface area contributed by atoms with Crippen LogP contribution in [0.25, 0.3) is 16.9 Å². The predicted octanol–water partition coefficient (Wildman–Crippen LogP) is 6.83. The quantitative estimate of drug-likeness (QED) is 0.0522. The highest BCUT2D eigenvalue weighted by Crippen LogP contribution is 2.24. The van der Waals surface area contributed by atoms with Gasteiger partial charge in [-0.1, -0.05) is 97.1 Å². The Balaban J connectivity index is 0.000000161. The van der Waals surface area contributed by atoms with E-state index in [1.54, 1.807) is 85.2 Å². The van der Waals surface area contributed by atoms with Gasteiger partial charge in [-0.05, 0) is 51.3 Å². The van der Waals surface area contributed by atoms with E-state index in [4.69, 9.17) is 20.9 Å². The van der Waals surface area contributed by atoms with Crippen LogP contribution in [0.1, 0.15) is 94.5 Å². The Morgan fingerprint density at radius 1 is 0.729 bits per heavy atom. The van der Waals surface area contributed by atoms with Crippen LogP contribution >= 0.6 is 0 Å². The molecule has 2 amide bonds. The molecule has 9 rings (SSSR count). The van der Waals surface area contributed by atoms with E-state index in [9.17, 15) is 28.8 Å². The van der Waals surface area contributed by atoms with Gasteiger partial charge in [0.2, 0.25) is 0 Å². The van der Waals surface area contributed by atoms with Gasteiger partial charge in [-0.25, -0.2) is 23.8 Å². The van der Waals surface area contributed by atoms with E-state index in [2.05, 4.69) is 30.9 Å². The number of aromatic nitrogens is 7. The van der Waals surface area contributed by atoms with Crippen molar-refractivity contribution in [2.75, 3.05) is 30.0 Å². The van der Waals surface area contributed by atoms with E-state index in [0.717, 1.165) is 29.7 Å². The number of amides is 2. The lowest BCUT2D eigenvalue weighted by atomic mass is 10.1. The second kappa shape index (κ2) is 22.6. The molecule has 0 aliphatic heterocycles. The summed E-state index contributed by atoms with van der Waals surface area (Å²) in [5.74, 6) is -1.63. The zero-order chi connectivity index (χ0) is 49.7. The van der Waals surface area contributed by atoms with Crippen molar-refractivity contribution in [3.05, 3.63) is 173 Å². The lowest BCUT2D eigenvalue weighted by molar-refractivity contribution is 0.0513. The minimum atomic E-state index is -0.587. The first kappa shape index (κ1) is 48.8. The van der Waals surface area contributed by atoms with Crippen LogP contribution in [-0.2, 0) is 22.6 Å². The molecule has 19 heteroatoms. The number of imidazole rings is 1. The van der Waals surface area contributed by atoms with E-state index in [1.165, 1.54) is 21.8 Å². The molecule has 4 aromatic carbocycles. The van der Waals surface area contributed by atoms with Crippen LogP contribution in [0, 0.1) is 6.92 Å². The molecule has 1 aliphatic rings. The number of nitrogens with two attached hydrogens (primary N) is 2. The number of nitrogens with one attached hydrogen (secondary N) is 3. The van der Waals surface area contributed by atoms with E-state index in [-0.39, 0.29) is 78.5 Å². The van der Waals surface area contributed by atoms with Gasteiger partial charge in [0.05, 0.1) is 37.0 Å². The Morgan fingerprint density at radius 3 is 1.97 bits per heavy atom. The molecule has 0 atom stereocenters. The highest BCUT2D eigenvalue weighted by molar-refractivity contribution is 6.09. The number of nitrogen functional groups attached to an aromatic ring is 2. The van der Waals surface area contributed by atoms with E-state index < -0.39 is 11.9 Å². The van der Waals surface area contributed by atoms with Gasteiger partial charge in [-0.2, -0.15) is 10.2 Å². The smallest absolute Gasteiger partial charge is 0.361 e. The minimum absolute atomic E-state index is 0.0186. The number of Topliss-reactive ketones (excluding diaryl/α,β-unsaturated/α-hetero) is 2. The van der Waals surface area contributed by atoms with Gasteiger partial charge in [0, 0.05) is 46.4 Å². The molecular weight excluding hydrogens is 895 g/mol. The Kier molecular flexibility index (Phi) is 15.7. The zero-order valence-electron chi connectivity index (χ0n) is 38.6. The van der Waals surface area contributed by atoms with Gasteiger partial charge >= 0.3 is 11.9 Å². The van der Waals surface area contributed by atoms with Crippen LogP contribution in [0.3, 0.4) is 0 Å². The number of ether oxygens (including phenoxy) is 2. The third-order valence-electron chi connectivity index (χ3n) is 10.7. The molecule has 4 aromatic heterocycles. The third-order valence-corrected chi connectivity index (χ3v) is 10.7. The number of ketones is 2. The summed E-state index contributed by atoms with van der Waals surface area (Å²) >= 11 is 0. The summed E-state index contributed by atoms with van der Waals surface area (Å²) in [5, 5.41) is 16.9. The number of esters is 2. The average molecular weight is 946 g/mol. The first-order valence-corrected chi connectivity index (χ1v) is 22.3. The first-order valence-electron chi connectivity index (χ1n) is 22.3. The molecule has 1 aliphatic carbocycles. The molecule has 0 unspecified atom stereocenters. The summed E-state index contributed by atoms with van der Waals surface area (Å²) in [7, 11) is 0. The molecule has 1 saturated carbocycles. The third kappa shape index (κ3) is 12.2. The zero-order valence-corrected chi connectivity index (χ0v) is 38.6. The van der Waals surface area contributed by atoms with Crippen LogP contribution < -0.4 is 22.1 Å². The number of rotatable bonds is 15. The summed E-state index contributed by atoms with van der Waals surface area (Å²) in [6.45, 7) is 5.80. The molecule has 1 fully saturated rings. The number of carbonyl (C=O) groups is 6. The minimum Gasteiger partial charge on any atom is -0.462 e. The van der Waals surface area contributed by atoms with Crippen LogP contribution in [-0.4, -0.2) is 88.7 Å². The molecule has 0 spiro atoms. The molecular formula is C51H51N11O8. The molecule has 358 valence electrons. The highest BCUT2D eigenvalue weighted by Gasteiger charge is 2.25. The van der Waals surface area contributed by atoms with Gasteiger partial charge in [0.1, 0.15) is 30.0 Å². The van der Waals surface area contributed by atoms with Crippen molar-refractivity contribution >= 4 is 58.2 Å². The summed E-state index contributed by atoms with van der Waals surface area (Å²) in [6, 6.07) is 33.1. The molecule has 8 aromatic rings. The van der Waals surface area contributed by atoms with Crippen molar-refractivity contribution in [2.45, 2.75) is 52.7 Å². The fourth-order valence-electron chi connectivity index (χ4n) is 6.84. The predicted molar refractivity (Wildman–Crippen MR) is 261 cm³/mol. The number of hydrogen-bond donors (Lipinski definition) is 5. The maximum absolute atomic E-state index is 13.0. The number of fused-ring (bicyclic) bond motifs is 1. The second-order valence-corrected chi connectivity index (χ2v) is 15.9. The van der Waals surface area contributed by atoms with Crippen LogP contribution in [0.5, 0.6) is 0 Å². The summed E-state index contributed by atoms with van der Waals surface area (Å²) in [4.78, 5) is 77.2. The Labute approximate surface area is 401 Å².